The smallest absolute Gasteiger partial charge is 0.264 e. The van der Waals surface area contributed by atoms with E-state index in [-0.39, 0.29) is 17.3 Å². The Bertz CT molecular complexity index is 1540. The SMILES string of the molecule is CC[C@@H](O)[C@H]1/C=C\C[C@H](C)[C@@H](C)S(=O)(=O)NC(=O)c2ccc3c(c2)N(C[C@@H]2CC[C@H]21)C[C@@]1(CCCc2cc(Cl)ccc21)CO3. The van der Waals surface area contributed by atoms with Crippen LogP contribution in [0.3, 0.4) is 0 Å². The first-order valence-corrected chi connectivity index (χ1v) is 18.1. The number of benzene rings is 2. The van der Waals surface area contributed by atoms with E-state index in [2.05, 4.69) is 27.8 Å². The Labute approximate surface area is 267 Å². The molecule has 0 unspecified atom stereocenters. The highest BCUT2D eigenvalue weighted by Gasteiger charge is 2.45. The van der Waals surface area contributed by atoms with Crippen molar-refractivity contribution in [1.29, 1.82) is 0 Å². The van der Waals surface area contributed by atoms with Crippen LogP contribution >= 0.6 is 11.6 Å². The van der Waals surface area contributed by atoms with Gasteiger partial charge >= 0.3 is 0 Å². The third-order valence-corrected chi connectivity index (χ3v) is 13.1. The average Bonchev–Trinajstić information content (AvgIpc) is 3.13. The Morgan fingerprint density at radius 2 is 2.00 bits per heavy atom. The number of ether oxygens (including phenoxy) is 1. The minimum absolute atomic E-state index is 0.00557. The van der Waals surface area contributed by atoms with Crippen LogP contribution < -0.4 is 14.4 Å². The van der Waals surface area contributed by atoms with Crippen LogP contribution in [0.5, 0.6) is 5.75 Å². The molecule has 2 aromatic carbocycles. The number of aliphatic hydroxyl groups is 1. The topological polar surface area (TPSA) is 95.9 Å². The van der Waals surface area contributed by atoms with Crippen LogP contribution in [-0.2, 0) is 21.9 Å². The Balaban J connectivity index is 1.44. The molecule has 0 saturated heterocycles. The Hall–Kier alpha value is -2.55. The molecule has 4 aliphatic rings. The fraction of sp³-hybridized carbons (Fsp3) is 0.571. The summed E-state index contributed by atoms with van der Waals surface area (Å²) in [7, 11) is -3.92. The van der Waals surface area contributed by atoms with Crippen molar-refractivity contribution in [3.63, 3.8) is 0 Å². The molecule has 1 fully saturated rings. The summed E-state index contributed by atoms with van der Waals surface area (Å²) in [5.41, 5.74) is 3.39. The largest absolute Gasteiger partial charge is 0.490 e. The van der Waals surface area contributed by atoms with Crippen molar-refractivity contribution in [3.8, 4) is 5.75 Å². The number of nitrogens with zero attached hydrogens (tertiary/aromatic N) is 1. The van der Waals surface area contributed by atoms with E-state index in [0.717, 1.165) is 49.4 Å². The number of sulfonamides is 1. The molecule has 1 amide bonds. The van der Waals surface area contributed by atoms with Gasteiger partial charge in [-0.25, -0.2) is 13.1 Å². The number of fused-ring (bicyclic) bond motifs is 4. The lowest BCUT2D eigenvalue weighted by Gasteiger charge is -2.47. The van der Waals surface area contributed by atoms with Gasteiger partial charge in [-0.05, 0) is 111 Å². The molecule has 2 aliphatic heterocycles. The average molecular weight is 641 g/mol. The fourth-order valence-corrected chi connectivity index (χ4v) is 9.40. The second-order valence-electron chi connectivity index (χ2n) is 13.7. The summed E-state index contributed by atoms with van der Waals surface area (Å²) in [5, 5.41) is 11.1. The third-order valence-electron chi connectivity index (χ3n) is 11.0. The molecule has 7 nitrogen and oxygen atoms in total. The zero-order chi connectivity index (χ0) is 31.2. The predicted molar refractivity (Wildman–Crippen MR) is 175 cm³/mol. The number of carbonyl (C=O) groups excluding carboxylic acids is 1. The molecule has 2 N–H and O–H groups in total. The van der Waals surface area contributed by atoms with Crippen LogP contribution in [0.15, 0.2) is 48.6 Å². The Kier molecular flexibility index (Phi) is 8.81. The van der Waals surface area contributed by atoms with E-state index >= 15 is 0 Å². The maximum absolute atomic E-state index is 13.4. The Morgan fingerprint density at radius 1 is 1.18 bits per heavy atom. The highest BCUT2D eigenvalue weighted by atomic mass is 35.5. The van der Waals surface area contributed by atoms with E-state index < -0.39 is 27.3 Å². The minimum atomic E-state index is -3.92. The van der Waals surface area contributed by atoms with Crippen molar-refractivity contribution in [2.75, 3.05) is 24.6 Å². The van der Waals surface area contributed by atoms with Crippen LogP contribution in [0, 0.1) is 23.7 Å². The molecule has 9 heteroatoms. The first-order valence-electron chi connectivity index (χ1n) is 16.2. The molecular formula is C35H45ClN2O5S. The standard InChI is InChI=1S/C35H45ClN2O5S/c1-4-32(39)29-9-5-7-22(2)23(3)44(41,42)37-34(40)25-11-15-33-31(18-25)38(19-26-10-13-28(26)29)20-35(21-43-33)16-6-8-24-17-27(36)12-14-30(24)35/h5,9,11-12,14-15,17-18,22-23,26,28-29,32,39H,4,6-8,10,13,16,19-21H2,1-3H3,(H,37,40)/b9-5-/t22-,23+,26-,28+,29-,32+,35-/m0/s1. The van der Waals surface area contributed by atoms with Crippen molar-refractivity contribution in [1.82, 2.24) is 4.72 Å². The lowest BCUT2D eigenvalue weighted by atomic mass is 9.64. The van der Waals surface area contributed by atoms with Crippen molar-refractivity contribution in [2.45, 2.75) is 82.5 Å². The highest BCUT2D eigenvalue weighted by Crippen LogP contribution is 2.48. The maximum Gasteiger partial charge on any atom is 0.264 e. The van der Waals surface area contributed by atoms with Gasteiger partial charge in [0, 0.05) is 35.0 Å². The molecular weight excluding hydrogens is 596 g/mol. The predicted octanol–water partition coefficient (Wildman–Crippen LogP) is 6.27. The summed E-state index contributed by atoms with van der Waals surface area (Å²) in [6, 6.07) is 11.5. The maximum atomic E-state index is 13.4. The molecule has 2 aliphatic carbocycles. The number of amides is 1. The van der Waals surface area contributed by atoms with Gasteiger partial charge in [0.15, 0.2) is 0 Å². The molecule has 2 heterocycles. The number of hydrogen-bond donors (Lipinski definition) is 2. The zero-order valence-electron chi connectivity index (χ0n) is 26.0. The summed E-state index contributed by atoms with van der Waals surface area (Å²) < 4.78 is 35.5. The lowest BCUT2D eigenvalue weighted by molar-refractivity contribution is 0.0313. The summed E-state index contributed by atoms with van der Waals surface area (Å²) in [6.07, 6.45) is 10.0. The van der Waals surface area contributed by atoms with Gasteiger partial charge in [0.2, 0.25) is 10.0 Å². The molecule has 2 bridgehead atoms. The van der Waals surface area contributed by atoms with Crippen molar-refractivity contribution < 1.29 is 23.1 Å². The zero-order valence-corrected chi connectivity index (χ0v) is 27.5. The number of aryl methyl sites for hydroxylation is 1. The Morgan fingerprint density at radius 3 is 2.75 bits per heavy atom. The van der Waals surface area contributed by atoms with E-state index in [0.29, 0.717) is 49.1 Å². The molecule has 0 aromatic heterocycles. The molecule has 238 valence electrons. The molecule has 2 aromatic rings. The summed E-state index contributed by atoms with van der Waals surface area (Å²) in [6.45, 7) is 7.55. The number of allylic oxidation sites excluding steroid dienone is 1. The van der Waals surface area contributed by atoms with Crippen LogP contribution in [0.2, 0.25) is 5.02 Å². The van der Waals surface area contributed by atoms with Gasteiger partial charge in [-0.1, -0.05) is 43.7 Å². The lowest BCUT2D eigenvalue weighted by Crippen LogP contribution is -2.49. The molecule has 1 spiro atoms. The summed E-state index contributed by atoms with van der Waals surface area (Å²) >= 11 is 6.42. The number of carbonyl (C=O) groups is 1. The monoisotopic (exact) mass is 640 g/mol. The van der Waals surface area contributed by atoms with Gasteiger partial charge < -0.3 is 14.7 Å². The molecule has 6 rings (SSSR count). The van der Waals surface area contributed by atoms with Crippen LogP contribution in [0.4, 0.5) is 5.69 Å². The van der Waals surface area contributed by atoms with Crippen molar-refractivity contribution in [3.05, 3.63) is 70.3 Å². The number of anilines is 1. The van der Waals surface area contributed by atoms with Gasteiger partial charge in [0.1, 0.15) is 5.75 Å². The van der Waals surface area contributed by atoms with Crippen LogP contribution in [0.25, 0.3) is 0 Å². The second-order valence-corrected chi connectivity index (χ2v) is 16.1. The number of aliphatic hydroxyl groups excluding tert-OH is 1. The summed E-state index contributed by atoms with van der Waals surface area (Å²) in [4.78, 5) is 15.8. The van der Waals surface area contributed by atoms with E-state index in [4.69, 9.17) is 16.3 Å². The van der Waals surface area contributed by atoms with E-state index in [1.165, 1.54) is 11.1 Å². The van der Waals surface area contributed by atoms with Gasteiger partial charge in [-0.15, -0.1) is 0 Å². The quantitative estimate of drug-likeness (QED) is 0.376. The third kappa shape index (κ3) is 5.90. The minimum Gasteiger partial charge on any atom is -0.490 e. The van der Waals surface area contributed by atoms with Crippen molar-refractivity contribution in [2.24, 2.45) is 23.7 Å². The molecule has 1 saturated carbocycles. The van der Waals surface area contributed by atoms with Crippen LogP contribution in [-0.4, -0.2) is 50.5 Å². The number of hydrogen-bond acceptors (Lipinski definition) is 6. The van der Waals surface area contributed by atoms with E-state index in [1.54, 1.807) is 19.1 Å². The van der Waals surface area contributed by atoms with Gasteiger partial charge in [-0.2, -0.15) is 0 Å². The van der Waals surface area contributed by atoms with Gasteiger partial charge in [0.25, 0.3) is 5.91 Å². The number of rotatable bonds is 2. The fourth-order valence-electron chi connectivity index (χ4n) is 7.92. The first kappa shape index (κ1) is 31.4. The molecule has 7 atom stereocenters. The number of halogens is 1. The van der Waals surface area contributed by atoms with Crippen LogP contribution in [0.1, 0.15) is 80.8 Å². The highest BCUT2D eigenvalue weighted by molar-refractivity contribution is 7.90. The van der Waals surface area contributed by atoms with E-state index in [1.807, 2.05) is 32.1 Å². The second kappa shape index (κ2) is 12.3. The summed E-state index contributed by atoms with van der Waals surface area (Å²) in [5.74, 6) is 0.555. The molecule has 44 heavy (non-hydrogen) atoms. The van der Waals surface area contributed by atoms with E-state index in [9.17, 15) is 18.3 Å². The number of nitrogens with one attached hydrogen (secondary N) is 1. The molecule has 0 radical (unpaired) electrons. The van der Waals surface area contributed by atoms with Crippen molar-refractivity contribution >= 4 is 33.2 Å². The van der Waals surface area contributed by atoms with Gasteiger partial charge in [-0.3, -0.25) is 4.79 Å². The van der Waals surface area contributed by atoms with Gasteiger partial charge in [0.05, 0.1) is 23.6 Å². The normalized spacial score (nSPS) is 33.1. The first-order chi connectivity index (χ1) is 21.0.